The van der Waals surface area contributed by atoms with Gasteiger partial charge in [0.25, 0.3) is 0 Å². The topological polar surface area (TPSA) is 42.8 Å². The number of amidine groups is 1. The van der Waals surface area contributed by atoms with E-state index in [1.807, 2.05) is 36.4 Å². The fraction of sp³-hybridized carbons (Fsp3) is 0.0233. The number of hydrogen-bond acceptors (Lipinski definition) is 2. The van der Waals surface area contributed by atoms with E-state index in [0.29, 0.717) is 12.3 Å². The van der Waals surface area contributed by atoms with Crippen molar-refractivity contribution in [3.05, 3.63) is 163 Å². The van der Waals surface area contributed by atoms with E-state index in [4.69, 9.17) is 9.41 Å². The summed E-state index contributed by atoms with van der Waals surface area (Å²) in [4.78, 5) is 9.66. The second-order valence-electron chi connectivity index (χ2n) is 11.9. The Hall–Kier alpha value is -6.26. The minimum Gasteiger partial charge on any atom is -0.455 e. The Bertz CT molecular complexity index is 2710. The second-order valence-corrected chi connectivity index (χ2v) is 11.9. The number of nitrogens with zero attached hydrogens (tertiary/aromatic N) is 3. The first-order valence-corrected chi connectivity index (χ1v) is 15.8. The zero-order valence-electron chi connectivity index (χ0n) is 25.6. The molecule has 2 aromatic heterocycles. The summed E-state index contributed by atoms with van der Waals surface area (Å²) < 4.78 is 9.16. The summed E-state index contributed by atoms with van der Waals surface area (Å²) in [7, 11) is 0. The summed E-state index contributed by atoms with van der Waals surface area (Å²) in [6.45, 7) is 3.91. The first-order valence-electron chi connectivity index (χ1n) is 15.8. The van der Waals surface area contributed by atoms with Crippen LogP contribution in [0.4, 0.5) is 0 Å². The van der Waals surface area contributed by atoms with Crippen molar-refractivity contribution in [2.24, 2.45) is 9.98 Å². The van der Waals surface area contributed by atoms with Crippen LogP contribution >= 0.6 is 0 Å². The van der Waals surface area contributed by atoms with Gasteiger partial charge in [-0.1, -0.05) is 115 Å². The van der Waals surface area contributed by atoms with Gasteiger partial charge in [-0.3, -0.25) is 4.57 Å². The standard InChI is InChI=1S/C43H29N3O/c1-44-43(30-15-6-3-7-16-30)45-39(25-20-28-12-4-2-5-13-28)46-37-24-23-35-34-22-21-29-14-10-11-19-33(29)41(34)47-42(35)40(37)36-26-31-17-8-9-18-32(31)27-38(36)46/h2-19,21-27H,1,20H2/b39-25+,45-43-. The highest BCUT2D eigenvalue weighted by Gasteiger charge is 2.21. The van der Waals surface area contributed by atoms with Crippen LogP contribution in [0.15, 0.2) is 166 Å². The molecule has 0 aliphatic carbocycles. The van der Waals surface area contributed by atoms with E-state index in [2.05, 4.69) is 132 Å². The van der Waals surface area contributed by atoms with Crippen LogP contribution in [0.3, 0.4) is 0 Å². The molecule has 9 rings (SSSR count). The molecule has 0 saturated carbocycles. The molecule has 0 N–H and O–H groups in total. The van der Waals surface area contributed by atoms with Crippen LogP contribution in [0.1, 0.15) is 11.1 Å². The third kappa shape index (κ3) is 4.45. The second kappa shape index (κ2) is 11.0. The fourth-order valence-corrected chi connectivity index (χ4v) is 6.89. The van der Waals surface area contributed by atoms with Gasteiger partial charge >= 0.3 is 0 Å². The van der Waals surface area contributed by atoms with Crippen LogP contribution in [0.2, 0.25) is 0 Å². The molecule has 0 spiro atoms. The lowest BCUT2D eigenvalue weighted by Gasteiger charge is -2.11. The summed E-state index contributed by atoms with van der Waals surface area (Å²) in [5, 5.41) is 9.00. The quantitative estimate of drug-likeness (QED) is 0.143. The third-order valence-corrected chi connectivity index (χ3v) is 9.12. The highest BCUT2D eigenvalue weighted by molar-refractivity contribution is 6.27. The molecule has 0 atom stereocenters. The Morgan fingerprint density at radius 1 is 0.596 bits per heavy atom. The zero-order chi connectivity index (χ0) is 31.3. The molecule has 0 radical (unpaired) electrons. The van der Waals surface area contributed by atoms with Crippen molar-refractivity contribution in [2.75, 3.05) is 0 Å². The Kier molecular flexibility index (Phi) is 6.32. The van der Waals surface area contributed by atoms with E-state index in [-0.39, 0.29) is 0 Å². The molecular formula is C43H29N3O. The van der Waals surface area contributed by atoms with Crippen LogP contribution in [0, 0.1) is 0 Å². The number of hydrogen-bond donors (Lipinski definition) is 0. The summed E-state index contributed by atoms with van der Waals surface area (Å²) in [6, 6.07) is 50.7. The van der Waals surface area contributed by atoms with Crippen molar-refractivity contribution >= 4 is 83.7 Å². The summed E-state index contributed by atoms with van der Waals surface area (Å²) in [5.74, 6) is 1.34. The Morgan fingerprint density at radius 2 is 1.26 bits per heavy atom. The molecule has 7 aromatic carbocycles. The van der Waals surface area contributed by atoms with Crippen molar-refractivity contribution in [1.29, 1.82) is 0 Å². The fourth-order valence-electron chi connectivity index (χ4n) is 6.89. The van der Waals surface area contributed by atoms with Gasteiger partial charge in [-0.15, -0.1) is 0 Å². The minimum absolute atomic E-state index is 0.567. The molecule has 0 bridgehead atoms. The average Bonchev–Trinajstić information content (AvgIpc) is 3.67. The number of benzene rings is 7. The maximum atomic E-state index is 6.90. The summed E-state index contributed by atoms with van der Waals surface area (Å²) in [6.07, 6.45) is 2.89. The third-order valence-electron chi connectivity index (χ3n) is 9.12. The SMILES string of the molecule is C=N/C(=N\C(=C/Cc1ccccc1)n1c2cc3ccccc3cc2c2c3oc4c5ccccc5ccc4c3ccc21)c1ccccc1. The van der Waals surface area contributed by atoms with E-state index >= 15 is 0 Å². The van der Waals surface area contributed by atoms with Gasteiger partial charge in [-0.05, 0) is 71.3 Å². The zero-order valence-corrected chi connectivity index (χ0v) is 25.6. The van der Waals surface area contributed by atoms with Gasteiger partial charge in [0.1, 0.15) is 17.0 Å². The highest BCUT2D eigenvalue weighted by atomic mass is 16.3. The normalized spacial score (nSPS) is 12.7. The largest absolute Gasteiger partial charge is 0.455 e. The molecule has 2 heterocycles. The van der Waals surface area contributed by atoms with Gasteiger partial charge < -0.3 is 4.42 Å². The average molecular weight is 604 g/mol. The molecule has 0 aliphatic heterocycles. The number of furan rings is 1. The van der Waals surface area contributed by atoms with Crippen molar-refractivity contribution in [2.45, 2.75) is 6.42 Å². The molecule has 0 unspecified atom stereocenters. The van der Waals surface area contributed by atoms with Gasteiger partial charge in [0.15, 0.2) is 5.84 Å². The molecule has 9 aromatic rings. The molecule has 0 fully saturated rings. The Labute approximate surface area is 271 Å². The molecule has 4 nitrogen and oxygen atoms in total. The van der Waals surface area contributed by atoms with Gasteiger partial charge in [0, 0.05) is 27.1 Å². The van der Waals surface area contributed by atoms with Gasteiger partial charge in [0.05, 0.1) is 16.4 Å². The lowest BCUT2D eigenvalue weighted by molar-refractivity contribution is 0.676. The van der Waals surface area contributed by atoms with Crippen molar-refractivity contribution in [3.63, 3.8) is 0 Å². The molecule has 0 amide bonds. The predicted molar refractivity (Wildman–Crippen MR) is 199 cm³/mol. The predicted octanol–water partition coefficient (Wildman–Crippen LogP) is 11.2. The number of allylic oxidation sites excluding steroid dienone is 1. The summed E-state index contributed by atoms with van der Waals surface area (Å²) >= 11 is 0. The van der Waals surface area contributed by atoms with Gasteiger partial charge in [-0.25, -0.2) is 9.98 Å². The highest BCUT2D eigenvalue weighted by Crippen LogP contribution is 2.43. The number of aliphatic imine (C=N–C) groups is 2. The maximum Gasteiger partial charge on any atom is 0.160 e. The molecule has 0 aliphatic rings. The first kappa shape index (κ1) is 27.1. The Balaban J connectivity index is 1.41. The lowest BCUT2D eigenvalue weighted by atomic mass is 10.0. The molecule has 222 valence electrons. The van der Waals surface area contributed by atoms with Crippen LogP contribution in [-0.4, -0.2) is 17.1 Å². The van der Waals surface area contributed by atoms with Crippen molar-refractivity contribution in [3.8, 4) is 0 Å². The Morgan fingerprint density at radius 3 is 2.04 bits per heavy atom. The van der Waals surface area contributed by atoms with Crippen molar-refractivity contribution in [1.82, 2.24) is 4.57 Å². The smallest absolute Gasteiger partial charge is 0.160 e. The van der Waals surface area contributed by atoms with Crippen LogP contribution in [-0.2, 0) is 6.42 Å². The first-order chi connectivity index (χ1) is 23.3. The summed E-state index contributed by atoms with van der Waals surface area (Å²) in [5.41, 5.74) is 5.97. The number of rotatable bonds is 5. The molecule has 4 heteroatoms. The van der Waals surface area contributed by atoms with E-state index < -0.39 is 0 Å². The maximum absolute atomic E-state index is 6.90. The number of aromatic nitrogens is 1. The van der Waals surface area contributed by atoms with E-state index in [1.165, 1.54) is 10.9 Å². The van der Waals surface area contributed by atoms with E-state index in [9.17, 15) is 0 Å². The van der Waals surface area contributed by atoms with Crippen molar-refractivity contribution < 1.29 is 4.42 Å². The lowest BCUT2D eigenvalue weighted by Crippen LogP contribution is -2.02. The molecule has 0 saturated heterocycles. The number of fused-ring (bicyclic) bond motifs is 10. The molecule has 47 heavy (non-hydrogen) atoms. The minimum atomic E-state index is 0.567. The van der Waals surface area contributed by atoms with E-state index in [1.54, 1.807) is 0 Å². The van der Waals surface area contributed by atoms with E-state index in [0.717, 1.165) is 71.3 Å². The van der Waals surface area contributed by atoms with Gasteiger partial charge in [-0.2, -0.15) is 0 Å². The van der Waals surface area contributed by atoms with Crippen LogP contribution < -0.4 is 0 Å². The van der Waals surface area contributed by atoms with Gasteiger partial charge in [0.2, 0.25) is 0 Å². The van der Waals surface area contributed by atoms with Crippen LogP contribution in [0.5, 0.6) is 0 Å². The van der Waals surface area contributed by atoms with Crippen LogP contribution in [0.25, 0.3) is 71.1 Å². The monoisotopic (exact) mass is 603 g/mol. The molecular weight excluding hydrogens is 574 g/mol.